The molecule has 0 saturated heterocycles. The summed E-state index contributed by atoms with van der Waals surface area (Å²) < 4.78 is 13.6. The second-order valence-electron chi connectivity index (χ2n) is 8.25. The van der Waals surface area contributed by atoms with Gasteiger partial charge in [0.1, 0.15) is 0 Å². The number of rotatable bonds is 9. The van der Waals surface area contributed by atoms with Gasteiger partial charge in [0.15, 0.2) is 5.78 Å². The summed E-state index contributed by atoms with van der Waals surface area (Å²) in [4.78, 5) is 30.3. The Kier molecular flexibility index (Phi) is 7.87. The van der Waals surface area contributed by atoms with Crippen LogP contribution in [0.3, 0.4) is 0 Å². The van der Waals surface area contributed by atoms with Gasteiger partial charge in [-0.1, -0.05) is 63.2 Å². The minimum absolute atomic E-state index is 0.0300. The number of Topliss-reactive ketones (excluding diaryl/α,β-unsaturated/α-hetero) is 1. The van der Waals surface area contributed by atoms with Crippen molar-refractivity contribution in [3.63, 3.8) is 0 Å². The molecule has 166 valence electrons. The molecule has 0 aliphatic heterocycles. The molecule has 0 spiro atoms. The Balaban J connectivity index is 1.68. The Morgan fingerprint density at radius 3 is 2.16 bits per heavy atom. The Labute approximate surface area is 189 Å². The van der Waals surface area contributed by atoms with Gasteiger partial charge in [0.25, 0.3) is 0 Å². The molecule has 1 aromatic heterocycles. The fourth-order valence-corrected chi connectivity index (χ4v) is 3.59. The van der Waals surface area contributed by atoms with E-state index in [0.717, 1.165) is 16.8 Å². The smallest absolute Gasteiger partial charge is 0.226 e. The average Bonchev–Trinajstić information content (AvgIpc) is 2.81. The van der Waals surface area contributed by atoms with Crippen molar-refractivity contribution < 1.29 is 14.0 Å². The maximum absolute atomic E-state index is 13.6. The van der Waals surface area contributed by atoms with Crippen LogP contribution in [0.4, 0.5) is 10.1 Å². The van der Waals surface area contributed by atoms with E-state index in [1.807, 2.05) is 48.2 Å². The number of carbonyl (C=O) groups is 2. The fraction of sp³-hybridized carbons (Fsp3) is 0.296. The lowest BCUT2D eigenvalue weighted by Crippen LogP contribution is -2.33. The van der Waals surface area contributed by atoms with Gasteiger partial charge in [-0.3, -0.25) is 9.59 Å². The molecule has 3 aromatic rings. The molecule has 0 saturated carbocycles. The summed E-state index contributed by atoms with van der Waals surface area (Å²) in [5.41, 5.74) is 3.95. The van der Waals surface area contributed by atoms with Crippen molar-refractivity contribution in [2.24, 2.45) is 5.92 Å². The van der Waals surface area contributed by atoms with Crippen LogP contribution in [0, 0.1) is 11.9 Å². The lowest BCUT2D eigenvalue weighted by Gasteiger charge is -2.24. The molecule has 1 amide bonds. The van der Waals surface area contributed by atoms with Gasteiger partial charge in [0.05, 0.1) is 0 Å². The van der Waals surface area contributed by atoms with E-state index in [1.54, 1.807) is 24.3 Å². The number of aromatic nitrogens is 1. The van der Waals surface area contributed by atoms with Gasteiger partial charge < -0.3 is 4.90 Å². The van der Waals surface area contributed by atoms with E-state index < -0.39 is 5.95 Å². The van der Waals surface area contributed by atoms with Crippen molar-refractivity contribution in [3.8, 4) is 11.1 Å². The molecule has 0 aliphatic rings. The highest BCUT2D eigenvalue weighted by molar-refractivity contribution is 5.96. The van der Waals surface area contributed by atoms with E-state index in [9.17, 15) is 14.0 Å². The minimum Gasteiger partial charge on any atom is -0.312 e. The Bertz CT molecular complexity index is 1060. The first-order chi connectivity index (χ1) is 15.4. The Morgan fingerprint density at radius 2 is 1.59 bits per heavy atom. The topological polar surface area (TPSA) is 50.3 Å². The van der Waals surface area contributed by atoms with Crippen molar-refractivity contribution in [2.45, 2.75) is 40.0 Å². The number of nitrogens with zero attached hydrogens (tertiary/aromatic N) is 2. The fourth-order valence-electron chi connectivity index (χ4n) is 3.59. The Hall–Kier alpha value is -3.34. The van der Waals surface area contributed by atoms with E-state index in [2.05, 4.69) is 18.8 Å². The molecule has 0 bridgehead atoms. The molecular weight excluding hydrogens is 403 g/mol. The molecule has 0 radical (unpaired) electrons. The molecule has 3 rings (SSSR count). The molecule has 0 N–H and O–H groups in total. The number of ketones is 1. The summed E-state index contributed by atoms with van der Waals surface area (Å²) in [5, 5.41) is 0. The van der Waals surface area contributed by atoms with Crippen molar-refractivity contribution in [3.05, 3.63) is 83.9 Å². The number of benzene rings is 2. The lowest BCUT2D eigenvalue weighted by atomic mass is 9.99. The van der Waals surface area contributed by atoms with E-state index in [0.29, 0.717) is 36.4 Å². The van der Waals surface area contributed by atoms with Crippen molar-refractivity contribution in [1.82, 2.24) is 4.98 Å². The van der Waals surface area contributed by atoms with Crippen LogP contribution in [-0.4, -0.2) is 23.2 Å². The van der Waals surface area contributed by atoms with Crippen molar-refractivity contribution in [1.29, 1.82) is 0 Å². The predicted molar refractivity (Wildman–Crippen MR) is 126 cm³/mol. The van der Waals surface area contributed by atoms with E-state index in [1.165, 1.54) is 6.20 Å². The number of halogens is 1. The van der Waals surface area contributed by atoms with Crippen LogP contribution in [0.15, 0.2) is 66.9 Å². The van der Waals surface area contributed by atoms with Gasteiger partial charge in [-0.05, 0) is 41.7 Å². The monoisotopic (exact) mass is 432 g/mol. The first-order valence-electron chi connectivity index (χ1n) is 11.0. The zero-order valence-electron chi connectivity index (χ0n) is 18.8. The van der Waals surface area contributed by atoms with E-state index in [4.69, 9.17) is 0 Å². The van der Waals surface area contributed by atoms with E-state index >= 15 is 0 Å². The Morgan fingerprint density at radius 1 is 0.969 bits per heavy atom. The molecule has 0 atom stereocenters. The summed E-state index contributed by atoms with van der Waals surface area (Å²) in [5.74, 6) is -0.0605. The molecule has 0 fully saturated rings. The van der Waals surface area contributed by atoms with Gasteiger partial charge in [-0.15, -0.1) is 0 Å². The van der Waals surface area contributed by atoms with Gasteiger partial charge in [0, 0.05) is 42.4 Å². The predicted octanol–water partition coefficient (Wildman–Crippen LogP) is 6.10. The zero-order chi connectivity index (χ0) is 23.1. The number of amides is 1. The SMILES string of the molecule is CCC(=O)N(CC(C)C)c1ccc(-c2ccc(C(=O)CCc3cccnc3F)cc2)cc1. The molecular formula is C27H29FN2O2. The summed E-state index contributed by atoms with van der Waals surface area (Å²) in [6, 6.07) is 18.7. The van der Waals surface area contributed by atoms with Crippen LogP contribution in [0.2, 0.25) is 0 Å². The van der Waals surface area contributed by atoms with Crippen LogP contribution < -0.4 is 4.90 Å². The van der Waals surface area contributed by atoms with Gasteiger partial charge in [-0.2, -0.15) is 4.39 Å². The van der Waals surface area contributed by atoms with Gasteiger partial charge in [-0.25, -0.2) is 4.98 Å². The highest BCUT2D eigenvalue weighted by Gasteiger charge is 2.15. The number of carbonyl (C=O) groups excluding carboxylic acids is 2. The van der Waals surface area contributed by atoms with E-state index in [-0.39, 0.29) is 18.1 Å². The van der Waals surface area contributed by atoms with Crippen LogP contribution in [0.1, 0.15) is 49.5 Å². The number of aryl methyl sites for hydroxylation is 1. The molecule has 5 heteroatoms. The van der Waals surface area contributed by atoms with Crippen LogP contribution in [0.25, 0.3) is 11.1 Å². The number of hydrogen-bond donors (Lipinski definition) is 0. The van der Waals surface area contributed by atoms with Gasteiger partial charge >= 0.3 is 0 Å². The summed E-state index contributed by atoms with van der Waals surface area (Å²) in [7, 11) is 0. The van der Waals surface area contributed by atoms with Crippen molar-refractivity contribution >= 4 is 17.4 Å². The summed E-state index contributed by atoms with van der Waals surface area (Å²) >= 11 is 0. The molecule has 0 aliphatic carbocycles. The zero-order valence-corrected chi connectivity index (χ0v) is 18.8. The molecule has 4 nitrogen and oxygen atoms in total. The first-order valence-corrected chi connectivity index (χ1v) is 11.0. The average molecular weight is 433 g/mol. The first kappa shape index (κ1) is 23.3. The second kappa shape index (κ2) is 10.8. The highest BCUT2D eigenvalue weighted by Crippen LogP contribution is 2.25. The molecule has 2 aromatic carbocycles. The third kappa shape index (κ3) is 5.88. The maximum atomic E-state index is 13.6. The van der Waals surface area contributed by atoms with Crippen LogP contribution >= 0.6 is 0 Å². The van der Waals surface area contributed by atoms with Crippen LogP contribution in [-0.2, 0) is 11.2 Å². The normalized spacial score (nSPS) is 10.9. The largest absolute Gasteiger partial charge is 0.312 e. The van der Waals surface area contributed by atoms with Crippen molar-refractivity contribution in [2.75, 3.05) is 11.4 Å². The lowest BCUT2D eigenvalue weighted by molar-refractivity contribution is -0.118. The van der Waals surface area contributed by atoms with Crippen LogP contribution in [0.5, 0.6) is 0 Å². The summed E-state index contributed by atoms with van der Waals surface area (Å²) in [6.07, 6.45) is 2.42. The standard InChI is InChI=1S/C27H29FN2O2/c1-4-26(32)30(18-19(2)3)24-14-11-21(12-15-24)20-7-9-22(10-8-20)25(31)16-13-23-6-5-17-29-27(23)28/h5-12,14-15,17,19H,4,13,16,18H2,1-3H3. The molecule has 0 unspecified atom stereocenters. The van der Waals surface area contributed by atoms with Gasteiger partial charge in [0.2, 0.25) is 11.9 Å². The maximum Gasteiger partial charge on any atom is 0.226 e. The highest BCUT2D eigenvalue weighted by atomic mass is 19.1. The third-order valence-electron chi connectivity index (χ3n) is 5.33. The third-order valence-corrected chi connectivity index (χ3v) is 5.33. The number of anilines is 1. The minimum atomic E-state index is -0.522. The number of pyridine rings is 1. The summed E-state index contributed by atoms with van der Waals surface area (Å²) in [6.45, 7) is 6.76. The second-order valence-corrected chi connectivity index (χ2v) is 8.25. The quantitative estimate of drug-likeness (QED) is 0.303. The molecule has 1 heterocycles. The molecule has 32 heavy (non-hydrogen) atoms. The number of hydrogen-bond acceptors (Lipinski definition) is 3.